The lowest BCUT2D eigenvalue weighted by Crippen LogP contribution is -2.35. The first-order valence-electron chi connectivity index (χ1n) is 10.4. The summed E-state index contributed by atoms with van der Waals surface area (Å²) in [5, 5.41) is 15.1. The zero-order chi connectivity index (χ0) is 23.1. The van der Waals surface area contributed by atoms with Gasteiger partial charge in [-0.1, -0.05) is 54.6 Å². The van der Waals surface area contributed by atoms with E-state index in [-0.39, 0.29) is 12.5 Å². The number of ether oxygens (including phenoxy) is 2. The number of aliphatic hydroxyl groups is 1. The second kappa shape index (κ2) is 10.6. The molecule has 0 saturated carbocycles. The Bertz CT molecular complexity index is 1040. The normalized spacial score (nSPS) is 13.2. The highest BCUT2D eigenvalue weighted by Crippen LogP contribution is 2.45. The average Bonchev–Trinajstić information content (AvgIpc) is 2.84. The fourth-order valence-electron chi connectivity index (χ4n) is 3.76. The van der Waals surface area contributed by atoms with Crippen LogP contribution in [-0.4, -0.2) is 25.9 Å². The molecule has 0 aromatic heterocycles. The molecule has 0 saturated heterocycles. The molecule has 0 aliphatic rings. The van der Waals surface area contributed by atoms with Crippen LogP contribution in [0.5, 0.6) is 11.5 Å². The minimum absolute atomic E-state index is 0.148. The minimum Gasteiger partial charge on any atom is -0.493 e. The summed E-state index contributed by atoms with van der Waals surface area (Å²) in [6.45, 7) is 5.80. The fraction of sp³-hybridized carbons (Fsp3) is 0.231. The molecule has 2 unspecified atom stereocenters. The van der Waals surface area contributed by atoms with Gasteiger partial charge in [-0.3, -0.25) is 9.65 Å². The highest BCUT2D eigenvalue weighted by molar-refractivity contribution is 7.76. The lowest BCUT2D eigenvalue weighted by atomic mass is 9.89. The van der Waals surface area contributed by atoms with E-state index < -0.39 is 13.3 Å². The van der Waals surface area contributed by atoms with Gasteiger partial charge in [-0.05, 0) is 48.9 Å². The zero-order valence-electron chi connectivity index (χ0n) is 18.7. The largest absolute Gasteiger partial charge is 0.493 e. The van der Waals surface area contributed by atoms with E-state index in [4.69, 9.17) is 9.47 Å². The van der Waals surface area contributed by atoms with Gasteiger partial charge in [-0.15, -0.1) is 0 Å². The summed E-state index contributed by atoms with van der Waals surface area (Å²) in [6.07, 6.45) is 0. The number of hydrogen-bond donors (Lipinski definition) is 2. The van der Waals surface area contributed by atoms with Gasteiger partial charge in [0.2, 0.25) is 7.29 Å². The Morgan fingerprint density at radius 2 is 1.47 bits per heavy atom. The first-order valence-corrected chi connectivity index (χ1v) is 12.1. The molecule has 5 nitrogen and oxygen atoms in total. The third-order valence-corrected chi connectivity index (χ3v) is 8.25. The molecule has 0 fully saturated rings. The van der Waals surface area contributed by atoms with E-state index in [0.29, 0.717) is 22.1 Å². The number of methoxy groups -OCH3 is 2. The van der Waals surface area contributed by atoms with Crippen molar-refractivity contribution in [1.29, 1.82) is 0 Å². The van der Waals surface area contributed by atoms with Crippen molar-refractivity contribution in [3.8, 4) is 11.5 Å². The molecule has 3 aromatic rings. The molecule has 0 amide bonds. The molecule has 2 atom stereocenters. The summed E-state index contributed by atoms with van der Waals surface area (Å²) in [6, 6.07) is 23.8. The highest BCUT2D eigenvalue weighted by atomic mass is 31.2. The van der Waals surface area contributed by atoms with Crippen LogP contribution in [0.25, 0.3) is 0 Å². The lowest BCUT2D eigenvalue weighted by molar-refractivity contribution is 0.222. The van der Waals surface area contributed by atoms with Crippen molar-refractivity contribution < 1.29 is 19.1 Å². The quantitative estimate of drug-likeness (QED) is 0.352. The Morgan fingerprint density at radius 1 is 0.938 bits per heavy atom. The lowest BCUT2D eigenvalue weighted by Gasteiger charge is -2.32. The Morgan fingerprint density at radius 3 is 1.91 bits per heavy atom. The van der Waals surface area contributed by atoms with E-state index >= 15 is 0 Å². The van der Waals surface area contributed by atoms with Gasteiger partial charge in [0.15, 0.2) is 11.5 Å². The van der Waals surface area contributed by atoms with Crippen molar-refractivity contribution in [3.05, 3.63) is 96.6 Å². The Hall–Kier alpha value is -2.85. The number of benzene rings is 3. The van der Waals surface area contributed by atoms with Crippen LogP contribution in [0.15, 0.2) is 91.0 Å². The zero-order valence-corrected chi connectivity index (χ0v) is 19.6. The van der Waals surface area contributed by atoms with Crippen LogP contribution in [0, 0.1) is 5.92 Å². The SMILES string of the molecule is C=C(C)C(CO)C(NP(=O)(c1ccccc1)c1ccccc1)c1ccc(OC)c(OC)c1. The van der Waals surface area contributed by atoms with Crippen molar-refractivity contribution >= 4 is 17.9 Å². The fourth-order valence-corrected chi connectivity index (χ4v) is 6.26. The maximum atomic E-state index is 14.6. The van der Waals surface area contributed by atoms with E-state index in [9.17, 15) is 9.67 Å². The van der Waals surface area contributed by atoms with Crippen LogP contribution in [0.1, 0.15) is 18.5 Å². The second-order valence-electron chi connectivity index (χ2n) is 7.64. The van der Waals surface area contributed by atoms with Crippen molar-refractivity contribution in [3.63, 3.8) is 0 Å². The Labute approximate surface area is 190 Å². The summed E-state index contributed by atoms with van der Waals surface area (Å²) in [4.78, 5) is 0. The van der Waals surface area contributed by atoms with Gasteiger partial charge in [-0.2, -0.15) is 0 Å². The van der Waals surface area contributed by atoms with Gasteiger partial charge in [0.05, 0.1) is 20.8 Å². The van der Waals surface area contributed by atoms with Gasteiger partial charge < -0.3 is 14.6 Å². The van der Waals surface area contributed by atoms with E-state index in [0.717, 1.165) is 11.1 Å². The molecule has 0 aliphatic carbocycles. The van der Waals surface area contributed by atoms with Crippen LogP contribution in [0.2, 0.25) is 0 Å². The molecule has 6 heteroatoms. The maximum absolute atomic E-state index is 14.6. The van der Waals surface area contributed by atoms with Gasteiger partial charge >= 0.3 is 0 Å². The third-order valence-electron chi connectivity index (χ3n) is 5.56. The predicted molar refractivity (Wildman–Crippen MR) is 131 cm³/mol. The average molecular weight is 452 g/mol. The van der Waals surface area contributed by atoms with E-state index in [1.807, 2.05) is 85.8 Å². The number of hydrogen-bond acceptors (Lipinski definition) is 4. The topological polar surface area (TPSA) is 67.8 Å². The maximum Gasteiger partial charge on any atom is 0.205 e. The second-order valence-corrected chi connectivity index (χ2v) is 10.1. The van der Waals surface area contributed by atoms with Gasteiger partial charge in [0.25, 0.3) is 0 Å². The van der Waals surface area contributed by atoms with Crippen LogP contribution in [0.3, 0.4) is 0 Å². The summed E-state index contributed by atoms with van der Waals surface area (Å²) >= 11 is 0. The van der Waals surface area contributed by atoms with Crippen molar-refractivity contribution in [2.45, 2.75) is 13.0 Å². The summed E-state index contributed by atoms with van der Waals surface area (Å²) < 4.78 is 25.5. The molecule has 0 radical (unpaired) electrons. The van der Waals surface area contributed by atoms with Crippen LogP contribution < -0.4 is 25.2 Å². The molecule has 32 heavy (non-hydrogen) atoms. The number of nitrogens with one attached hydrogen (secondary N) is 1. The molecule has 3 aromatic carbocycles. The summed E-state index contributed by atoms with van der Waals surface area (Å²) in [5.74, 6) is 0.790. The van der Waals surface area contributed by atoms with Crippen LogP contribution in [-0.2, 0) is 4.57 Å². The van der Waals surface area contributed by atoms with Gasteiger partial charge in [0.1, 0.15) is 0 Å². The third kappa shape index (κ3) is 4.97. The Kier molecular flexibility index (Phi) is 7.92. The number of aliphatic hydroxyl groups excluding tert-OH is 1. The molecule has 0 heterocycles. The Balaban J connectivity index is 2.18. The molecule has 168 valence electrons. The molecule has 3 rings (SSSR count). The molecule has 0 aliphatic heterocycles. The minimum atomic E-state index is -3.27. The van der Waals surface area contributed by atoms with E-state index in [1.165, 1.54) is 0 Å². The summed E-state index contributed by atoms with van der Waals surface area (Å²) in [5.41, 5.74) is 1.60. The molecular formula is C26H30NO4P. The first kappa shape index (κ1) is 23.8. The van der Waals surface area contributed by atoms with Crippen molar-refractivity contribution in [2.24, 2.45) is 5.92 Å². The first-order chi connectivity index (χ1) is 15.4. The van der Waals surface area contributed by atoms with Gasteiger partial charge in [0, 0.05) is 22.6 Å². The van der Waals surface area contributed by atoms with E-state index in [1.54, 1.807) is 14.2 Å². The van der Waals surface area contributed by atoms with Crippen LogP contribution in [0.4, 0.5) is 0 Å². The summed E-state index contributed by atoms with van der Waals surface area (Å²) in [7, 11) is -0.114. The van der Waals surface area contributed by atoms with Crippen molar-refractivity contribution in [2.75, 3.05) is 20.8 Å². The highest BCUT2D eigenvalue weighted by Gasteiger charge is 2.34. The van der Waals surface area contributed by atoms with Crippen molar-refractivity contribution in [1.82, 2.24) is 5.09 Å². The molecular weight excluding hydrogens is 421 g/mol. The standard InChI is InChI=1S/C26H30NO4P/c1-19(2)23(18-28)26(20-15-16-24(30-3)25(17-20)31-4)27-32(29,21-11-7-5-8-12-21)22-13-9-6-10-14-22/h5-17,23,26,28H,1,18H2,2-4H3,(H,27,29). The predicted octanol–water partition coefficient (Wildman–Crippen LogP) is 4.45. The smallest absolute Gasteiger partial charge is 0.205 e. The van der Waals surface area contributed by atoms with Gasteiger partial charge in [-0.25, -0.2) is 0 Å². The number of rotatable bonds is 10. The molecule has 2 N–H and O–H groups in total. The monoisotopic (exact) mass is 451 g/mol. The van der Waals surface area contributed by atoms with Crippen LogP contribution >= 0.6 is 7.29 Å². The van der Waals surface area contributed by atoms with E-state index in [2.05, 4.69) is 11.7 Å². The molecule has 0 bridgehead atoms. The molecule has 0 spiro atoms.